The molecule has 0 heterocycles. The molecule has 1 nitrogen and oxygen atoms in total. The van der Waals surface area contributed by atoms with Crippen LogP contribution < -0.4 is 5.32 Å². The van der Waals surface area contributed by atoms with Crippen molar-refractivity contribution >= 4 is 23.2 Å². The summed E-state index contributed by atoms with van der Waals surface area (Å²) in [6.07, 6.45) is 5.20. The summed E-state index contributed by atoms with van der Waals surface area (Å²) < 4.78 is 0. The predicted octanol–water partition coefficient (Wildman–Crippen LogP) is 4.95. The third-order valence-electron chi connectivity index (χ3n) is 4.92. The lowest BCUT2D eigenvalue weighted by Gasteiger charge is -2.33. The van der Waals surface area contributed by atoms with E-state index in [1.54, 1.807) is 0 Å². The number of halogens is 2. The number of fused-ring (bicyclic) bond motifs is 1. The zero-order valence-electron chi connectivity index (χ0n) is 12.3. The van der Waals surface area contributed by atoms with Crippen LogP contribution in [0.5, 0.6) is 0 Å². The minimum Gasteiger partial charge on any atom is -0.314 e. The van der Waals surface area contributed by atoms with Crippen molar-refractivity contribution < 1.29 is 0 Å². The van der Waals surface area contributed by atoms with Gasteiger partial charge in [0.05, 0.1) is 0 Å². The molecule has 110 valence electrons. The van der Waals surface area contributed by atoms with Crippen LogP contribution in [0.4, 0.5) is 0 Å². The number of benzene rings is 1. The van der Waals surface area contributed by atoms with Crippen LogP contribution in [0.3, 0.4) is 0 Å². The predicted molar refractivity (Wildman–Crippen MR) is 86.6 cm³/mol. The van der Waals surface area contributed by atoms with Crippen molar-refractivity contribution in [3.05, 3.63) is 33.8 Å². The van der Waals surface area contributed by atoms with E-state index in [1.807, 2.05) is 18.2 Å². The fourth-order valence-corrected chi connectivity index (χ4v) is 4.24. The van der Waals surface area contributed by atoms with Crippen LogP contribution in [0.1, 0.15) is 38.7 Å². The Bertz CT molecular complexity index is 488. The maximum atomic E-state index is 6.37. The minimum absolute atomic E-state index is 0.381. The Kier molecular flexibility index (Phi) is 4.05. The van der Waals surface area contributed by atoms with Crippen LogP contribution >= 0.6 is 23.2 Å². The average Bonchev–Trinajstić information content (AvgIpc) is 3.00. The minimum atomic E-state index is 0.381. The fourth-order valence-electron chi connectivity index (χ4n) is 3.86. The molecule has 2 unspecified atom stereocenters. The van der Waals surface area contributed by atoms with Crippen LogP contribution in [0, 0.1) is 17.3 Å². The van der Waals surface area contributed by atoms with Crippen molar-refractivity contribution in [1.29, 1.82) is 0 Å². The summed E-state index contributed by atoms with van der Waals surface area (Å²) >= 11 is 12.5. The van der Waals surface area contributed by atoms with E-state index in [0.29, 0.717) is 11.5 Å². The van der Waals surface area contributed by atoms with Gasteiger partial charge in [0, 0.05) is 22.6 Å². The molecule has 3 heteroatoms. The Labute approximate surface area is 132 Å². The maximum Gasteiger partial charge on any atom is 0.0439 e. The Morgan fingerprint density at radius 1 is 1.25 bits per heavy atom. The van der Waals surface area contributed by atoms with Gasteiger partial charge in [-0.15, -0.1) is 0 Å². The van der Waals surface area contributed by atoms with Crippen LogP contribution in [-0.2, 0) is 6.42 Å². The second-order valence-corrected chi connectivity index (χ2v) is 7.96. The summed E-state index contributed by atoms with van der Waals surface area (Å²) in [6.45, 7) is 5.53. The molecule has 0 aliphatic heterocycles. The molecule has 0 aromatic heterocycles. The smallest absolute Gasteiger partial charge is 0.0439 e. The summed E-state index contributed by atoms with van der Waals surface area (Å²) in [5.74, 6) is 1.95. The quantitative estimate of drug-likeness (QED) is 0.811. The molecule has 0 saturated heterocycles. The zero-order chi connectivity index (χ0) is 14.3. The number of hydrogen-bond acceptors (Lipinski definition) is 1. The molecular weight excluding hydrogens is 289 g/mol. The van der Waals surface area contributed by atoms with E-state index in [0.717, 1.165) is 34.8 Å². The van der Waals surface area contributed by atoms with Crippen LogP contribution in [-0.4, -0.2) is 12.6 Å². The van der Waals surface area contributed by atoms with E-state index < -0.39 is 0 Å². The summed E-state index contributed by atoms with van der Waals surface area (Å²) in [4.78, 5) is 0. The largest absolute Gasteiger partial charge is 0.314 e. The summed E-state index contributed by atoms with van der Waals surface area (Å²) in [6, 6.07) is 6.39. The van der Waals surface area contributed by atoms with Gasteiger partial charge in [-0.05, 0) is 66.7 Å². The number of nitrogens with one attached hydrogen (secondary N) is 1. The number of rotatable bonds is 5. The van der Waals surface area contributed by atoms with Crippen molar-refractivity contribution in [2.75, 3.05) is 6.54 Å². The van der Waals surface area contributed by atoms with Gasteiger partial charge < -0.3 is 5.32 Å². The van der Waals surface area contributed by atoms with E-state index in [-0.39, 0.29) is 0 Å². The topological polar surface area (TPSA) is 12.0 Å². The second kappa shape index (κ2) is 5.51. The third-order valence-corrected chi connectivity index (χ3v) is 5.52. The van der Waals surface area contributed by atoms with Crippen molar-refractivity contribution in [3.63, 3.8) is 0 Å². The summed E-state index contributed by atoms with van der Waals surface area (Å²) in [5.41, 5.74) is 1.60. The Hall–Kier alpha value is -0.240. The fraction of sp³-hybridized carbons (Fsp3) is 0.647. The summed E-state index contributed by atoms with van der Waals surface area (Å²) in [7, 11) is 0. The highest BCUT2D eigenvalue weighted by Gasteiger charge is 2.53. The monoisotopic (exact) mass is 311 g/mol. The lowest BCUT2D eigenvalue weighted by atomic mass is 9.77. The second-order valence-electron chi connectivity index (χ2n) is 7.11. The van der Waals surface area contributed by atoms with Crippen molar-refractivity contribution in [1.82, 2.24) is 5.32 Å². The van der Waals surface area contributed by atoms with Gasteiger partial charge in [0.1, 0.15) is 0 Å². The van der Waals surface area contributed by atoms with E-state index in [4.69, 9.17) is 23.2 Å². The van der Waals surface area contributed by atoms with Gasteiger partial charge in [-0.2, -0.15) is 0 Å². The van der Waals surface area contributed by atoms with Gasteiger partial charge in [-0.25, -0.2) is 0 Å². The molecule has 2 fully saturated rings. The van der Waals surface area contributed by atoms with E-state index in [2.05, 4.69) is 19.2 Å². The Morgan fingerprint density at radius 3 is 2.60 bits per heavy atom. The van der Waals surface area contributed by atoms with Crippen molar-refractivity contribution in [2.45, 2.75) is 45.6 Å². The molecule has 2 aliphatic carbocycles. The molecule has 0 bridgehead atoms. The molecule has 20 heavy (non-hydrogen) atoms. The lowest BCUT2D eigenvalue weighted by Crippen LogP contribution is -2.38. The van der Waals surface area contributed by atoms with Gasteiger partial charge in [0.15, 0.2) is 0 Å². The first-order valence-corrected chi connectivity index (χ1v) is 8.40. The summed E-state index contributed by atoms with van der Waals surface area (Å²) in [5, 5.41) is 5.30. The van der Waals surface area contributed by atoms with Gasteiger partial charge in [-0.1, -0.05) is 37.0 Å². The molecule has 0 spiro atoms. The SMILES string of the molecule is CC(C)NCC1(Cc2cc(Cl)ccc2Cl)CC2CC2C1. The van der Waals surface area contributed by atoms with Gasteiger partial charge >= 0.3 is 0 Å². The highest BCUT2D eigenvalue weighted by Crippen LogP contribution is 2.60. The first-order valence-electron chi connectivity index (χ1n) is 7.65. The molecule has 2 aliphatic rings. The van der Waals surface area contributed by atoms with Gasteiger partial charge in [0.2, 0.25) is 0 Å². The molecule has 1 aromatic carbocycles. The van der Waals surface area contributed by atoms with E-state index in [1.165, 1.54) is 24.8 Å². The lowest BCUT2D eigenvalue weighted by molar-refractivity contribution is 0.241. The Balaban J connectivity index is 1.77. The van der Waals surface area contributed by atoms with E-state index >= 15 is 0 Å². The molecule has 0 radical (unpaired) electrons. The van der Waals surface area contributed by atoms with Crippen molar-refractivity contribution in [3.8, 4) is 0 Å². The van der Waals surface area contributed by atoms with Crippen LogP contribution in [0.15, 0.2) is 18.2 Å². The molecule has 1 N–H and O–H groups in total. The van der Waals surface area contributed by atoms with Crippen LogP contribution in [0.25, 0.3) is 0 Å². The molecule has 3 rings (SSSR count). The Morgan fingerprint density at radius 2 is 1.95 bits per heavy atom. The highest BCUT2D eigenvalue weighted by molar-refractivity contribution is 6.33. The van der Waals surface area contributed by atoms with Gasteiger partial charge in [0.25, 0.3) is 0 Å². The van der Waals surface area contributed by atoms with Gasteiger partial charge in [-0.3, -0.25) is 0 Å². The third kappa shape index (κ3) is 3.16. The van der Waals surface area contributed by atoms with E-state index in [9.17, 15) is 0 Å². The molecule has 1 aromatic rings. The average molecular weight is 312 g/mol. The first kappa shape index (κ1) is 14.7. The maximum absolute atomic E-state index is 6.37. The zero-order valence-corrected chi connectivity index (χ0v) is 13.8. The molecule has 2 atom stereocenters. The normalized spacial score (nSPS) is 31.6. The molecule has 2 saturated carbocycles. The molecule has 0 amide bonds. The van der Waals surface area contributed by atoms with Crippen molar-refractivity contribution in [2.24, 2.45) is 17.3 Å². The van der Waals surface area contributed by atoms with Crippen LogP contribution in [0.2, 0.25) is 10.0 Å². The standard InChI is InChI=1S/C17H23Cl2N/c1-11(2)20-10-17(7-12-5-13(12)8-17)9-14-6-15(18)3-4-16(14)19/h3-4,6,11-13,20H,5,7-10H2,1-2H3. The number of hydrogen-bond donors (Lipinski definition) is 1. The first-order chi connectivity index (χ1) is 9.47. The highest BCUT2D eigenvalue weighted by atomic mass is 35.5. The molecular formula is C17H23Cl2N.